The highest BCUT2D eigenvalue weighted by Crippen LogP contribution is 2.22. The Balaban J connectivity index is 1.61. The zero-order chi connectivity index (χ0) is 15.8. The van der Waals surface area contributed by atoms with Gasteiger partial charge in [-0.1, -0.05) is 12.8 Å². The first-order valence-corrected chi connectivity index (χ1v) is 8.80. The van der Waals surface area contributed by atoms with Crippen molar-refractivity contribution in [3.05, 3.63) is 0 Å². The molecular formula is C17H29NO4. The highest BCUT2D eigenvalue weighted by molar-refractivity contribution is 5.77. The molecule has 1 atom stereocenters. The summed E-state index contributed by atoms with van der Waals surface area (Å²) in [4.78, 5) is 23.7. The topological polar surface area (TPSA) is 78.6 Å². The predicted octanol–water partition coefficient (Wildman–Crippen LogP) is 2.85. The Morgan fingerprint density at radius 2 is 1.36 bits per heavy atom. The Bertz CT molecular complexity index is 360. The Morgan fingerprint density at radius 3 is 1.91 bits per heavy atom. The van der Waals surface area contributed by atoms with E-state index in [1.807, 2.05) is 0 Å². The fraction of sp³-hybridized carbons (Fsp3) is 0.882. The van der Waals surface area contributed by atoms with Crippen molar-refractivity contribution in [2.75, 3.05) is 0 Å². The molecule has 0 unspecified atom stereocenters. The zero-order valence-corrected chi connectivity index (χ0v) is 13.4. The molecule has 0 saturated heterocycles. The molecule has 0 aromatic rings. The number of hydrogen-bond donors (Lipinski definition) is 1. The molecule has 5 nitrogen and oxygen atoms in total. The van der Waals surface area contributed by atoms with E-state index in [1.54, 1.807) is 0 Å². The summed E-state index contributed by atoms with van der Waals surface area (Å²) < 4.78 is 10.8. The van der Waals surface area contributed by atoms with Crippen molar-refractivity contribution in [2.45, 2.75) is 95.3 Å². The number of hydrogen-bond acceptors (Lipinski definition) is 5. The molecule has 2 N–H and O–H groups in total. The van der Waals surface area contributed by atoms with Crippen molar-refractivity contribution >= 4 is 11.9 Å². The Hall–Kier alpha value is -1.10. The van der Waals surface area contributed by atoms with Gasteiger partial charge in [0.1, 0.15) is 18.2 Å². The largest absolute Gasteiger partial charge is 0.462 e. The van der Waals surface area contributed by atoms with E-state index in [2.05, 4.69) is 0 Å². The molecule has 2 aliphatic rings. The Kier molecular flexibility index (Phi) is 7.16. The summed E-state index contributed by atoms with van der Waals surface area (Å²) in [5.41, 5.74) is 5.83. The fourth-order valence-electron chi connectivity index (χ4n) is 3.25. The van der Waals surface area contributed by atoms with Gasteiger partial charge in [0, 0.05) is 6.42 Å². The number of nitrogens with two attached hydrogens (primary N) is 1. The summed E-state index contributed by atoms with van der Waals surface area (Å²) in [7, 11) is 0. The van der Waals surface area contributed by atoms with E-state index in [9.17, 15) is 9.59 Å². The maximum Gasteiger partial charge on any atom is 0.323 e. The van der Waals surface area contributed by atoms with Crippen LogP contribution in [-0.4, -0.2) is 30.2 Å². The van der Waals surface area contributed by atoms with Gasteiger partial charge < -0.3 is 15.2 Å². The van der Waals surface area contributed by atoms with Crippen LogP contribution in [0, 0.1) is 0 Å². The SMILES string of the molecule is N[C@@H](CCC(=O)OC1CCCCC1)C(=O)OC1CCCCC1. The van der Waals surface area contributed by atoms with Crippen LogP contribution in [0.15, 0.2) is 0 Å². The van der Waals surface area contributed by atoms with Crippen molar-refractivity contribution in [1.82, 2.24) is 0 Å². The second-order valence-corrected chi connectivity index (χ2v) is 6.59. The molecule has 2 saturated carbocycles. The molecule has 126 valence electrons. The molecule has 0 heterocycles. The summed E-state index contributed by atoms with van der Waals surface area (Å²) in [6.45, 7) is 0. The lowest BCUT2D eigenvalue weighted by Crippen LogP contribution is -2.36. The van der Waals surface area contributed by atoms with Crippen molar-refractivity contribution in [3.63, 3.8) is 0 Å². The van der Waals surface area contributed by atoms with Crippen LogP contribution < -0.4 is 5.73 Å². The molecule has 0 aromatic heterocycles. The normalized spacial score (nSPS) is 22.0. The van der Waals surface area contributed by atoms with E-state index in [4.69, 9.17) is 15.2 Å². The minimum atomic E-state index is -0.721. The van der Waals surface area contributed by atoms with Gasteiger partial charge in [0.2, 0.25) is 0 Å². The van der Waals surface area contributed by atoms with E-state index < -0.39 is 6.04 Å². The number of esters is 2. The molecule has 2 fully saturated rings. The van der Waals surface area contributed by atoms with Crippen LogP contribution in [0.3, 0.4) is 0 Å². The molecule has 2 rings (SSSR count). The molecule has 0 amide bonds. The summed E-state index contributed by atoms with van der Waals surface area (Å²) in [5.74, 6) is -0.620. The van der Waals surface area contributed by atoms with Crippen LogP contribution in [-0.2, 0) is 19.1 Å². The van der Waals surface area contributed by atoms with Crippen molar-refractivity contribution < 1.29 is 19.1 Å². The highest BCUT2D eigenvalue weighted by Gasteiger charge is 2.24. The first-order valence-electron chi connectivity index (χ1n) is 8.80. The number of carbonyl (C=O) groups is 2. The van der Waals surface area contributed by atoms with Gasteiger partial charge in [0.25, 0.3) is 0 Å². The molecule has 0 aromatic carbocycles. The van der Waals surface area contributed by atoms with Gasteiger partial charge in [0.15, 0.2) is 0 Å². The maximum absolute atomic E-state index is 11.9. The maximum atomic E-state index is 11.9. The standard InChI is InChI=1S/C17H29NO4/c18-15(17(20)22-14-9-5-2-6-10-14)11-12-16(19)21-13-7-3-1-4-8-13/h13-15H,1-12,18H2/t15-/m0/s1. The third kappa shape index (κ3) is 5.95. The first kappa shape index (κ1) is 17.3. The summed E-state index contributed by atoms with van der Waals surface area (Å²) in [6.07, 6.45) is 11.3. The second-order valence-electron chi connectivity index (χ2n) is 6.59. The molecule has 0 spiro atoms. The zero-order valence-electron chi connectivity index (χ0n) is 13.4. The van der Waals surface area contributed by atoms with Crippen LogP contribution >= 0.6 is 0 Å². The van der Waals surface area contributed by atoms with Gasteiger partial charge in [-0.25, -0.2) is 0 Å². The van der Waals surface area contributed by atoms with Crippen molar-refractivity contribution in [1.29, 1.82) is 0 Å². The number of ether oxygens (including phenoxy) is 2. The van der Waals surface area contributed by atoms with Gasteiger partial charge in [-0.05, 0) is 57.8 Å². The van der Waals surface area contributed by atoms with Crippen LogP contribution in [0.1, 0.15) is 77.0 Å². The molecule has 0 aliphatic heterocycles. The van der Waals surface area contributed by atoms with Gasteiger partial charge in [-0.15, -0.1) is 0 Å². The van der Waals surface area contributed by atoms with Crippen LogP contribution in [0.25, 0.3) is 0 Å². The summed E-state index contributed by atoms with van der Waals surface area (Å²) >= 11 is 0. The monoisotopic (exact) mass is 311 g/mol. The minimum absolute atomic E-state index is 0.0153. The summed E-state index contributed by atoms with van der Waals surface area (Å²) in [6, 6.07) is -0.721. The van der Waals surface area contributed by atoms with E-state index >= 15 is 0 Å². The highest BCUT2D eigenvalue weighted by atomic mass is 16.5. The molecule has 0 bridgehead atoms. The van der Waals surface area contributed by atoms with Gasteiger partial charge in [-0.3, -0.25) is 9.59 Å². The van der Waals surface area contributed by atoms with Crippen molar-refractivity contribution in [3.8, 4) is 0 Å². The summed E-state index contributed by atoms with van der Waals surface area (Å²) in [5, 5.41) is 0. The molecular weight excluding hydrogens is 282 g/mol. The Morgan fingerprint density at radius 1 is 0.864 bits per heavy atom. The van der Waals surface area contributed by atoms with E-state index in [0.29, 0.717) is 6.42 Å². The number of rotatable bonds is 6. The van der Waals surface area contributed by atoms with E-state index in [1.165, 1.54) is 12.8 Å². The second kappa shape index (κ2) is 9.13. The lowest BCUT2D eigenvalue weighted by molar-refractivity contribution is -0.153. The Labute approximate surface area is 132 Å². The van der Waals surface area contributed by atoms with Gasteiger partial charge in [0.05, 0.1) is 0 Å². The minimum Gasteiger partial charge on any atom is -0.462 e. The third-order valence-electron chi connectivity index (χ3n) is 4.65. The molecule has 2 aliphatic carbocycles. The average Bonchev–Trinajstić information content (AvgIpc) is 2.54. The lowest BCUT2D eigenvalue weighted by Gasteiger charge is -2.24. The molecule has 22 heavy (non-hydrogen) atoms. The van der Waals surface area contributed by atoms with E-state index in [-0.39, 0.29) is 30.6 Å². The quantitative estimate of drug-likeness (QED) is 0.763. The average molecular weight is 311 g/mol. The van der Waals surface area contributed by atoms with Gasteiger partial charge >= 0.3 is 11.9 Å². The van der Waals surface area contributed by atoms with Crippen LogP contribution in [0.5, 0.6) is 0 Å². The van der Waals surface area contributed by atoms with Gasteiger partial charge in [-0.2, -0.15) is 0 Å². The van der Waals surface area contributed by atoms with Crippen molar-refractivity contribution in [2.24, 2.45) is 5.73 Å². The first-order chi connectivity index (χ1) is 10.6. The predicted molar refractivity (Wildman–Crippen MR) is 83.1 cm³/mol. The molecule has 5 heteroatoms. The van der Waals surface area contributed by atoms with Crippen LogP contribution in [0.2, 0.25) is 0 Å². The smallest absolute Gasteiger partial charge is 0.323 e. The molecule has 0 radical (unpaired) electrons. The number of carbonyl (C=O) groups excluding carboxylic acids is 2. The fourth-order valence-corrected chi connectivity index (χ4v) is 3.25. The van der Waals surface area contributed by atoms with E-state index in [0.717, 1.165) is 51.4 Å². The third-order valence-corrected chi connectivity index (χ3v) is 4.65. The lowest BCUT2D eigenvalue weighted by atomic mass is 9.97. The van der Waals surface area contributed by atoms with Crippen LogP contribution in [0.4, 0.5) is 0 Å².